The highest BCUT2D eigenvalue weighted by Crippen LogP contribution is 2.52. The predicted octanol–water partition coefficient (Wildman–Crippen LogP) is 0.208. The number of carbonyl (C=O) groups is 1. The summed E-state index contributed by atoms with van der Waals surface area (Å²) in [6, 6.07) is 0. The topological polar surface area (TPSA) is 48.1 Å². The van der Waals surface area contributed by atoms with Gasteiger partial charge in [-0.2, -0.15) is 0 Å². The van der Waals surface area contributed by atoms with Gasteiger partial charge in [0.15, 0.2) is 13.6 Å². The molecule has 1 heterocycles. The molecule has 0 aromatic rings. The Morgan fingerprint density at radius 3 is 2.59 bits per heavy atom. The van der Waals surface area contributed by atoms with Crippen molar-refractivity contribution in [1.82, 2.24) is 0 Å². The van der Waals surface area contributed by atoms with Crippen molar-refractivity contribution in [3.8, 4) is 0 Å². The van der Waals surface area contributed by atoms with Gasteiger partial charge in [0, 0.05) is 7.11 Å². The van der Waals surface area contributed by atoms with Crippen LogP contribution in [0.4, 0.5) is 0 Å². The highest BCUT2D eigenvalue weighted by atomic mass is 16.6. The van der Waals surface area contributed by atoms with Crippen molar-refractivity contribution in [3.63, 3.8) is 0 Å². The smallest absolute Gasteiger partial charge is 0.172 e. The zero-order chi connectivity index (χ0) is 16.8. The van der Waals surface area contributed by atoms with Crippen LogP contribution in [0.5, 0.6) is 0 Å². The maximum absolute atomic E-state index is 12.7. The molecular formula is C16H26B2O4. The van der Waals surface area contributed by atoms with Gasteiger partial charge >= 0.3 is 0 Å². The molecule has 22 heavy (non-hydrogen) atoms. The Kier molecular flexibility index (Phi) is 4.51. The van der Waals surface area contributed by atoms with Gasteiger partial charge in [0.05, 0.1) is 24.7 Å². The van der Waals surface area contributed by atoms with Gasteiger partial charge in [-0.1, -0.05) is 17.7 Å². The monoisotopic (exact) mass is 304 g/mol. The first kappa shape index (κ1) is 17.5. The maximum atomic E-state index is 12.7. The standard InChI is InChI=1S/C16H26B2O4/c1-10(2)6-7-21-14(3,4)13-15(9-22-15)8-11(17)12(19)16(13,18)20-5/h6,8,13H,7,9,17-18H2,1-5H3/t13-,15+,16-/m1/s1. The van der Waals surface area contributed by atoms with E-state index in [1.54, 1.807) is 7.11 Å². The lowest BCUT2D eigenvalue weighted by atomic mass is 9.53. The third-order valence-electron chi connectivity index (χ3n) is 4.85. The summed E-state index contributed by atoms with van der Waals surface area (Å²) in [7, 11) is 5.27. The lowest BCUT2D eigenvalue weighted by Crippen LogP contribution is -2.64. The zero-order valence-corrected chi connectivity index (χ0v) is 14.8. The highest BCUT2D eigenvalue weighted by Gasteiger charge is 2.67. The fraction of sp³-hybridized carbons (Fsp3) is 0.688. The minimum atomic E-state index is -0.941. The van der Waals surface area contributed by atoms with E-state index in [1.807, 2.05) is 55.5 Å². The van der Waals surface area contributed by atoms with Crippen LogP contribution < -0.4 is 0 Å². The number of carbonyl (C=O) groups excluding carboxylic acids is 1. The minimum Gasteiger partial charge on any atom is -0.379 e. The van der Waals surface area contributed by atoms with E-state index in [0.29, 0.717) is 18.7 Å². The molecule has 1 aliphatic carbocycles. The Labute approximate surface area is 135 Å². The first-order valence-electron chi connectivity index (χ1n) is 7.80. The lowest BCUT2D eigenvalue weighted by molar-refractivity contribution is -0.158. The predicted molar refractivity (Wildman–Crippen MR) is 91.6 cm³/mol. The number of hydrogen-bond donors (Lipinski definition) is 0. The molecule has 0 unspecified atom stereocenters. The molecule has 3 atom stereocenters. The molecule has 4 nitrogen and oxygen atoms in total. The van der Waals surface area contributed by atoms with Gasteiger partial charge < -0.3 is 14.2 Å². The van der Waals surface area contributed by atoms with Crippen molar-refractivity contribution >= 4 is 21.5 Å². The van der Waals surface area contributed by atoms with Gasteiger partial charge in [-0.05, 0) is 33.2 Å². The molecule has 0 aromatic heterocycles. The van der Waals surface area contributed by atoms with Crippen LogP contribution in [0.3, 0.4) is 0 Å². The zero-order valence-electron chi connectivity index (χ0n) is 14.8. The number of ether oxygens (including phenoxy) is 3. The third kappa shape index (κ3) is 2.84. The SMILES string of the molecule is BC1=C[C@]2(CO2)[C@@H](C(C)(C)OCC=C(C)C)[C@](B)(OC)C1=O. The van der Waals surface area contributed by atoms with Gasteiger partial charge in [-0.3, -0.25) is 4.79 Å². The molecule has 0 N–H and O–H groups in total. The summed E-state index contributed by atoms with van der Waals surface area (Å²) in [5.41, 5.74) is -0.0301. The Bertz CT molecular complexity index is 530. The van der Waals surface area contributed by atoms with Crippen molar-refractivity contribution < 1.29 is 19.0 Å². The van der Waals surface area contributed by atoms with Crippen LogP contribution in [0.15, 0.2) is 23.2 Å². The molecule has 6 heteroatoms. The maximum Gasteiger partial charge on any atom is 0.172 e. The van der Waals surface area contributed by atoms with Crippen LogP contribution in [-0.4, -0.2) is 58.5 Å². The Balaban J connectivity index is 2.37. The van der Waals surface area contributed by atoms with Crippen LogP contribution in [0.2, 0.25) is 0 Å². The van der Waals surface area contributed by atoms with Crippen molar-refractivity contribution in [2.45, 2.75) is 44.4 Å². The first-order valence-corrected chi connectivity index (χ1v) is 7.80. The quantitative estimate of drug-likeness (QED) is 0.414. The second-order valence-corrected chi connectivity index (χ2v) is 7.34. The molecule has 1 aliphatic heterocycles. The molecule has 2 rings (SSSR count). The normalized spacial score (nSPS) is 34.5. The van der Waals surface area contributed by atoms with E-state index in [0.717, 1.165) is 0 Å². The van der Waals surface area contributed by atoms with E-state index in [-0.39, 0.29) is 11.7 Å². The minimum absolute atomic E-state index is 0.0139. The van der Waals surface area contributed by atoms with E-state index in [4.69, 9.17) is 14.2 Å². The number of hydrogen-bond acceptors (Lipinski definition) is 4. The summed E-state index contributed by atoms with van der Waals surface area (Å²) in [6.07, 6.45) is 3.99. The average molecular weight is 304 g/mol. The fourth-order valence-corrected chi connectivity index (χ4v) is 3.81. The molecule has 1 saturated heterocycles. The summed E-state index contributed by atoms with van der Waals surface area (Å²) in [4.78, 5) is 12.7. The van der Waals surface area contributed by atoms with Crippen LogP contribution in [0.1, 0.15) is 27.7 Å². The number of ketones is 1. The number of rotatable bonds is 5. The van der Waals surface area contributed by atoms with E-state index in [1.165, 1.54) is 5.57 Å². The Morgan fingerprint density at radius 2 is 2.14 bits per heavy atom. The number of epoxide rings is 1. The van der Waals surface area contributed by atoms with Crippen LogP contribution in [-0.2, 0) is 19.0 Å². The van der Waals surface area contributed by atoms with Crippen molar-refractivity contribution in [1.29, 1.82) is 0 Å². The van der Waals surface area contributed by atoms with Crippen LogP contribution >= 0.6 is 0 Å². The molecule has 0 amide bonds. The summed E-state index contributed by atoms with van der Waals surface area (Å²) in [5.74, 6) is -0.181. The van der Waals surface area contributed by atoms with Crippen LogP contribution in [0.25, 0.3) is 0 Å². The molecule has 1 spiro atoms. The molecule has 0 saturated carbocycles. The number of Topliss-reactive ketones (excluding diaryl/α,β-unsaturated/α-hetero) is 1. The second-order valence-electron chi connectivity index (χ2n) is 7.34. The first-order chi connectivity index (χ1) is 10.1. The van der Waals surface area contributed by atoms with Crippen LogP contribution in [0, 0.1) is 5.92 Å². The van der Waals surface area contributed by atoms with E-state index >= 15 is 0 Å². The molecule has 120 valence electrons. The summed E-state index contributed by atoms with van der Waals surface area (Å²) >= 11 is 0. The lowest BCUT2D eigenvalue weighted by Gasteiger charge is -2.49. The molecule has 0 aromatic carbocycles. The van der Waals surface area contributed by atoms with Crippen molar-refractivity contribution in [3.05, 3.63) is 23.2 Å². The summed E-state index contributed by atoms with van der Waals surface area (Å²) < 4.78 is 17.6. The van der Waals surface area contributed by atoms with E-state index in [9.17, 15) is 4.79 Å². The summed E-state index contributed by atoms with van der Waals surface area (Å²) in [5, 5.41) is 0. The summed E-state index contributed by atoms with van der Waals surface area (Å²) in [6.45, 7) is 9.22. The second kappa shape index (κ2) is 5.66. The fourth-order valence-electron chi connectivity index (χ4n) is 3.81. The third-order valence-corrected chi connectivity index (χ3v) is 4.85. The average Bonchev–Trinajstić information content (AvgIpc) is 3.14. The molecule has 0 bridgehead atoms. The van der Waals surface area contributed by atoms with Gasteiger partial charge in [-0.25, -0.2) is 0 Å². The van der Waals surface area contributed by atoms with Crippen molar-refractivity contribution in [2.24, 2.45) is 5.92 Å². The Morgan fingerprint density at radius 1 is 1.55 bits per heavy atom. The molecule has 0 radical (unpaired) electrons. The van der Waals surface area contributed by atoms with Gasteiger partial charge in [0.1, 0.15) is 18.9 Å². The molecule has 1 fully saturated rings. The molecular weight excluding hydrogens is 278 g/mol. The van der Waals surface area contributed by atoms with E-state index < -0.39 is 16.7 Å². The van der Waals surface area contributed by atoms with Crippen molar-refractivity contribution in [2.75, 3.05) is 20.3 Å². The van der Waals surface area contributed by atoms with Gasteiger partial charge in [0.25, 0.3) is 0 Å². The van der Waals surface area contributed by atoms with E-state index in [2.05, 4.69) is 0 Å². The number of allylic oxidation sites excluding steroid dienone is 1. The van der Waals surface area contributed by atoms with Gasteiger partial charge in [0.2, 0.25) is 0 Å². The Hall–Kier alpha value is -0.840. The largest absolute Gasteiger partial charge is 0.379 e. The number of methoxy groups -OCH3 is 1. The molecule has 2 aliphatic rings. The highest BCUT2D eigenvalue weighted by molar-refractivity contribution is 6.45. The van der Waals surface area contributed by atoms with Gasteiger partial charge in [-0.15, -0.1) is 0 Å².